The van der Waals surface area contributed by atoms with Crippen LogP contribution < -0.4 is 0 Å². The van der Waals surface area contributed by atoms with E-state index in [1.807, 2.05) is 12.4 Å². The minimum atomic E-state index is 0.506. The molecule has 152 valence electrons. The van der Waals surface area contributed by atoms with Gasteiger partial charge in [0.2, 0.25) is 0 Å². The number of thioether (sulfide) groups is 1. The van der Waals surface area contributed by atoms with Crippen LogP contribution in [0.2, 0.25) is 0 Å². The lowest BCUT2D eigenvalue weighted by Crippen LogP contribution is -2.36. The molecule has 2 aromatic heterocycles. The van der Waals surface area contributed by atoms with Gasteiger partial charge in [0.05, 0.1) is 0 Å². The maximum absolute atomic E-state index is 4.55. The smallest absolute Gasteiger partial charge is 0.191 e. The summed E-state index contributed by atoms with van der Waals surface area (Å²) in [5, 5.41) is 10.0. The largest absolute Gasteiger partial charge is 0.309 e. The first kappa shape index (κ1) is 20.1. The highest BCUT2D eigenvalue weighted by molar-refractivity contribution is 7.98. The quantitative estimate of drug-likeness (QED) is 0.540. The Morgan fingerprint density at radius 1 is 1.03 bits per heavy atom. The van der Waals surface area contributed by atoms with Gasteiger partial charge < -0.3 is 9.47 Å². The number of rotatable bonds is 7. The third kappa shape index (κ3) is 5.06. The zero-order chi connectivity index (χ0) is 20.1. The number of pyridine rings is 1. The van der Waals surface area contributed by atoms with Crippen molar-refractivity contribution in [1.82, 2.24) is 24.6 Å². The van der Waals surface area contributed by atoms with Gasteiger partial charge in [-0.3, -0.25) is 4.98 Å². The molecule has 0 bridgehead atoms. The molecule has 3 heterocycles. The fourth-order valence-corrected chi connectivity index (χ4v) is 4.96. The highest BCUT2D eigenvalue weighted by Gasteiger charge is 2.26. The van der Waals surface area contributed by atoms with Crippen molar-refractivity contribution in [2.24, 2.45) is 7.05 Å². The molecule has 1 atom stereocenters. The molecule has 0 N–H and O–H groups in total. The number of nitrogens with zero attached hydrogens (tertiary/aromatic N) is 5. The van der Waals surface area contributed by atoms with E-state index in [1.165, 1.54) is 11.1 Å². The Labute approximate surface area is 177 Å². The van der Waals surface area contributed by atoms with Crippen LogP contribution in [0.3, 0.4) is 0 Å². The molecule has 0 amide bonds. The highest BCUT2D eigenvalue weighted by Crippen LogP contribution is 2.30. The van der Waals surface area contributed by atoms with Crippen LogP contribution in [-0.4, -0.2) is 44.3 Å². The van der Waals surface area contributed by atoms with Crippen molar-refractivity contribution in [3.8, 4) is 0 Å². The molecule has 0 aliphatic carbocycles. The first-order chi connectivity index (χ1) is 14.2. The van der Waals surface area contributed by atoms with E-state index < -0.39 is 0 Å². The van der Waals surface area contributed by atoms with Crippen molar-refractivity contribution >= 4 is 11.8 Å². The molecule has 3 aromatic rings. The molecule has 4 rings (SSSR count). The molecule has 0 spiro atoms. The van der Waals surface area contributed by atoms with Gasteiger partial charge in [0.1, 0.15) is 5.82 Å². The third-order valence-corrected chi connectivity index (χ3v) is 6.93. The summed E-state index contributed by atoms with van der Waals surface area (Å²) >= 11 is 1.74. The number of hydrogen-bond acceptors (Lipinski definition) is 5. The van der Waals surface area contributed by atoms with Crippen molar-refractivity contribution in [3.63, 3.8) is 0 Å². The number of aromatic nitrogens is 4. The Bertz CT molecular complexity index is 888. The second-order valence-electron chi connectivity index (χ2n) is 7.93. The van der Waals surface area contributed by atoms with Crippen LogP contribution in [0.15, 0.2) is 60.0 Å². The molecular weight excluding hydrogens is 378 g/mol. The van der Waals surface area contributed by atoms with Crippen LogP contribution in [-0.2, 0) is 12.8 Å². The molecule has 0 unspecified atom stereocenters. The van der Waals surface area contributed by atoms with Gasteiger partial charge in [-0.25, -0.2) is 0 Å². The van der Waals surface area contributed by atoms with E-state index in [9.17, 15) is 0 Å². The van der Waals surface area contributed by atoms with E-state index in [-0.39, 0.29) is 0 Å². The van der Waals surface area contributed by atoms with Gasteiger partial charge in [-0.1, -0.05) is 49.0 Å². The Kier molecular flexibility index (Phi) is 6.62. The van der Waals surface area contributed by atoms with E-state index in [1.54, 1.807) is 11.8 Å². The Hall–Kier alpha value is -2.18. The maximum Gasteiger partial charge on any atom is 0.191 e. The van der Waals surface area contributed by atoms with Crippen LogP contribution in [0.1, 0.15) is 48.6 Å². The summed E-state index contributed by atoms with van der Waals surface area (Å²) in [4.78, 5) is 6.68. The monoisotopic (exact) mass is 407 g/mol. The van der Waals surface area contributed by atoms with Gasteiger partial charge in [-0.15, -0.1) is 10.2 Å². The molecule has 1 aromatic carbocycles. The molecule has 1 aliphatic rings. The standard InChI is InChI=1S/C23H29N5S/c1-18(20-6-4-3-5-7-20)16-28-14-10-21(11-15-28)22-25-26-23(27(22)2)29-17-19-8-12-24-13-9-19/h3-9,12-13,18,21H,10-11,14-17H2,1-2H3/t18-/m0/s1. The van der Waals surface area contributed by atoms with Crippen LogP contribution in [0.25, 0.3) is 0 Å². The zero-order valence-corrected chi connectivity index (χ0v) is 18.1. The third-order valence-electron chi connectivity index (χ3n) is 5.84. The average molecular weight is 408 g/mol. The summed E-state index contributed by atoms with van der Waals surface area (Å²) in [5.41, 5.74) is 2.69. The zero-order valence-electron chi connectivity index (χ0n) is 17.2. The van der Waals surface area contributed by atoms with E-state index >= 15 is 0 Å². The predicted octanol–water partition coefficient (Wildman–Crippen LogP) is 4.49. The Balaban J connectivity index is 1.30. The molecule has 29 heavy (non-hydrogen) atoms. The molecule has 5 nitrogen and oxygen atoms in total. The first-order valence-corrected chi connectivity index (χ1v) is 11.4. The van der Waals surface area contributed by atoms with Crippen molar-refractivity contribution in [2.45, 2.75) is 42.5 Å². The minimum absolute atomic E-state index is 0.506. The van der Waals surface area contributed by atoms with Gasteiger partial charge in [0.25, 0.3) is 0 Å². The van der Waals surface area contributed by atoms with Crippen LogP contribution >= 0.6 is 11.8 Å². The van der Waals surface area contributed by atoms with Crippen LogP contribution in [0, 0.1) is 0 Å². The van der Waals surface area contributed by atoms with Gasteiger partial charge in [-0.05, 0) is 55.1 Å². The van der Waals surface area contributed by atoms with Crippen molar-refractivity contribution in [2.75, 3.05) is 19.6 Å². The highest BCUT2D eigenvalue weighted by atomic mass is 32.2. The normalized spacial score (nSPS) is 16.8. The van der Waals surface area contributed by atoms with Gasteiger partial charge in [0.15, 0.2) is 5.16 Å². The molecule has 0 radical (unpaired) electrons. The first-order valence-electron chi connectivity index (χ1n) is 10.4. The number of benzene rings is 1. The lowest BCUT2D eigenvalue weighted by Gasteiger charge is -2.33. The number of piperidine rings is 1. The SMILES string of the molecule is C[C@@H](CN1CCC(c2nnc(SCc3ccncc3)n2C)CC1)c1ccccc1. The lowest BCUT2D eigenvalue weighted by molar-refractivity contribution is 0.199. The molecular formula is C23H29N5S. The van der Waals surface area contributed by atoms with Gasteiger partial charge in [-0.2, -0.15) is 0 Å². The topological polar surface area (TPSA) is 46.8 Å². The molecule has 1 aliphatic heterocycles. The van der Waals surface area contributed by atoms with Crippen LogP contribution in [0.4, 0.5) is 0 Å². The number of hydrogen-bond donors (Lipinski definition) is 0. The van der Waals surface area contributed by atoms with Crippen molar-refractivity contribution in [1.29, 1.82) is 0 Å². The molecule has 1 fully saturated rings. The summed E-state index contributed by atoms with van der Waals surface area (Å²) in [7, 11) is 2.11. The summed E-state index contributed by atoms with van der Waals surface area (Å²) in [6, 6.07) is 14.9. The Morgan fingerprint density at radius 3 is 2.48 bits per heavy atom. The minimum Gasteiger partial charge on any atom is -0.309 e. The van der Waals surface area contributed by atoms with E-state index in [0.29, 0.717) is 11.8 Å². The summed E-state index contributed by atoms with van der Waals surface area (Å²) in [6.07, 6.45) is 5.99. The Morgan fingerprint density at radius 2 is 1.76 bits per heavy atom. The molecule has 0 saturated carbocycles. The predicted molar refractivity (Wildman–Crippen MR) is 118 cm³/mol. The van der Waals surface area contributed by atoms with Crippen LogP contribution in [0.5, 0.6) is 0 Å². The van der Waals surface area contributed by atoms with E-state index in [4.69, 9.17) is 0 Å². The molecule has 6 heteroatoms. The fraction of sp³-hybridized carbons (Fsp3) is 0.435. The second-order valence-corrected chi connectivity index (χ2v) is 8.87. The number of likely N-dealkylation sites (tertiary alicyclic amines) is 1. The fourth-order valence-electron chi connectivity index (χ4n) is 4.08. The summed E-state index contributed by atoms with van der Waals surface area (Å²) in [5.74, 6) is 3.10. The average Bonchev–Trinajstić information content (AvgIpc) is 3.14. The van der Waals surface area contributed by atoms with Crippen molar-refractivity contribution < 1.29 is 0 Å². The van der Waals surface area contributed by atoms with E-state index in [0.717, 1.165) is 49.2 Å². The summed E-state index contributed by atoms with van der Waals surface area (Å²) < 4.78 is 2.19. The van der Waals surface area contributed by atoms with Crippen molar-refractivity contribution in [3.05, 3.63) is 71.8 Å². The summed E-state index contributed by atoms with van der Waals surface area (Å²) in [6.45, 7) is 5.72. The van der Waals surface area contributed by atoms with Gasteiger partial charge >= 0.3 is 0 Å². The second kappa shape index (κ2) is 9.55. The lowest BCUT2D eigenvalue weighted by atomic mass is 9.94. The van der Waals surface area contributed by atoms with E-state index in [2.05, 4.69) is 81.1 Å². The molecule has 1 saturated heterocycles. The van der Waals surface area contributed by atoms with Gasteiger partial charge in [0, 0.05) is 37.7 Å². The maximum atomic E-state index is 4.55.